The van der Waals surface area contributed by atoms with Gasteiger partial charge in [0.2, 0.25) is 11.9 Å². The Morgan fingerprint density at radius 3 is 2.93 bits per heavy atom. The molecule has 0 bridgehead atoms. The van der Waals surface area contributed by atoms with Crippen molar-refractivity contribution >= 4 is 17.6 Å². The van der Waals surface area contributed by atoms with Gasteiger partial charge < -0.3 is 30.1 Å². The SMILES string of the molecule is Cc1ccc(OCCCC(=O)N(CCO)C2CCCC2)c2c1CN1CC(O)NC1=N2. The maximum absolute atomic E-state index is 12.7. The topological polar surface area (TPSA) is 97.6 Å². The molecule has 0 spiro atoms. The summed E-state index contributed by atoms with van der Waals surface area (Å²) in [6, 6.07) is 4.24. The number of hydrogen-bond acceptors (Lipinski definition) is 7. The molecule has 2 aliphatic heterocycles. The van der Waals surface area contributed by atoms with Crippen LogP contribution in [0.2, 0.25) is 0 Å². The van der Waals surface area contributed by atoms with Crippen LogP contribution in [0.25, 0.3) is 0 Å². The monoisotopic (exact) mass is 416 g/mol. The molecular formula is C22H32N4O4. The predicted octanol–water partition coefficient (Wildman–Crippen LogP) is 1.64. The number of fused-ring (bicyclic) bond motifs is 2. The molecule has 1 atom stereocenters. The highest BCUT2D eigenvalue weighted by molar-refractivity contribution is 5.88. The number of nitrogens with zero attached hydrogens (tertiary/aromatic N) is 3. The van der Waals surface area contributed by atoms with Crippen LogP contribution in [0.15, 0.2) is 17.1 Å². The van der Waals surface area contributed by atoms with Crippen LogP contribution in [0, 0.1) is 6.92 Å². The molecule has 1 aliphatic carbocycles. The molecule has 0 aromatic heterocycles. The standard InChI is InChI=1S/C22H32N4O4/c1-15-8-9-18(21-17(15)13-25-14-19(28)23-22(25)24-21)30-12-4-7-20(29)26(10-11-27)16-5-2-3-6-16/h8-9,16,19,27-28H,2-7,10-14H2,1H3,(H,23,24). The highest BCUT2D eigenvalue weighted by atomic mass is 16.5. The Kier molecular flexibility index (Phi) is 6.43. The molecule has 30 heavy (non-hydrogen) atoms. The van der Waals surface area contributed by atoms with Gasteiger partial charge in [-0.3, -0.25) is 4.79 Å². The molecule has 1 aromatic rings. The lowest BCUT2D eigenvalue weighted by Gasteiger charge is -2.28. The van der Waals surface area contributed by atoms with Crippen molar-refractivity contribution in [2.45, 2.75) is 64.3 Å². The van der Waals surface area contributed by atoms with Gasteiger partial charge in [0.15, 0.2) is 0 Å². The zero-order chi connectivity index (χ0) is 21.1. The van der Waals surface area contributed by atoms with Crippen molar-refractivity contribution in [3.8, 4) is 5.75 Å². The van der Waals surface area contributed by atoms with E-state index < -0.39 is 6.23 Å². The van der Waals surface area contributed by atoms with Gasteiger partial charge in [0.25, 0.3) is 0 Å². The second-order valence-electron chi connectivity index (χ2n) is 8.38. The van der Waals surface area contributed by atoms with Gasteiger partial charge in [0, 0.05) is 31.1 Å². The Morgan fingerprint density at radius 2 is 2.17 bits per heavy atom. The normalized spacial score (nSPS) is 20.4. The van der Waals surface area contributed by atoms with Crippen molar-refractivity contribution in [1.29, 1.82) is 0 Å². The van der Waals surface area contributed by atoms with E-state index >= 15 is 0 Å². The van der Waals surface area contributed by atoms with Gasteiger partial charge in [-0.15, -0.1) is 0 Å². The first kappa shape index (κ1) is 20.9. The van der Waals surface area contributed by atoms with Gasteiger partial charge in [0.05, 0.1) is 19.8 Å². The van der Waals surface area contributed by atoms with Gasteiger partial charge >= 0.3 is 0 Å². The Bertz CT molecular complexity index is 807. The summed E-state index contributed by atoms with van der Waals surface area (Å²) >= 11 is 0. The van der Waals surface area contributed by atoms with Gasteiger partial charge in [0.1, 0.15) is 17.7 Å². The molecule has 2 fully saturated rings. The molecule has 3 aliphatic rings. The number of nitrogens with one attached hydrogen (secondary N) is 1. The largest absolute Gasteiger partial charge is 0.491 e. The highest BCUT2D eigenvalue weighted by Gasteiger charge is 2.31. The number of ether oxygens (including phenoxy) is 1. The summed E-state index contributed by atoms with van der Waals surface area (Å²) in [6.45, 7) is 4.13. The fourth-order valence-corrected chi connectivity index (χ4v) is 4.66. The lowest BCUT2D eigenvalue weighted by atomic mass is 10.0. The first-order valence-electron chi connectivity index (χ1n) is 11.0. The maximum atomic E-state index is 12.7. The maximum Gasteiger partial charge on any atom is 0.223 e. The predicted molar refractivity (Wildman–Crippen MR) is 114 cm³/mol. The van der Waals surface area contributed by atoms with E-state index in [1.807, 2.05) is 21.9 Å². The average Bonchev–Trinajstić information content (AvgIpc) is 3.38. The third kappa shape index (κ3) is 4.39. The fourth-order valence-electron chi connectivity index (χ4n) is 4.66. The van der Waals surface area contributed by atoms with E-state index in [1.54, 1.807) is 0 Å². The van der Waals surface area contributed by atoms with Gasteiger partial charge in [-0.05, 0) is 37.8 Å². The second-order valence-corrected chi connectivity index (χ2v) is 8.38. The average molecular weight is 417 g/mol. The number of aryl methyl sites for hydroxylation is 1. The van der Waals surface area contributed by atoms with Crippen LogP contribution in [-0.4, -0.2) is 70.5 Å². The van der Waals surface area contributed by atoms with E-state index in [-0.39, 0.29) is 18.6 Å². The van der Waals surface area contributed by atoms with Crippen molar-refractivity contribution < 1.29 is 19.7 Å². The number of aliphatic hydroxyl groups is 2. The number of carbonyl (C=O) groups excluding carboxylic acids is 1. The number of aliphatic hydroxyl groups excluding tert-OH is 2. The minimum atomic E-state index is -0.601. The Hall–Kier alpha value is -2.32. The summed E-state index contributed by atoms with van der Waals surface area (Å²) in [5.74, 6) is 1.49. The summed E-state index contributed by atoms with van der Waals surface area (Å²) in [4.78, 5) is 21.2. The van der Waals surface area contributed by atoms with E-state index in [0.717, 1.165) is 42.5 Å². The summed E-state index contributed by atoms with van der Waals surface area (Å²) in [6.07, 6.45) is 4.84. The summed E-state index contributed by atoms with van der Waals surface area (Å²) in [7, 11) is 0. The molecule has 1 amide bonds. The summed E-state index contributed by atoms with van der Waals surface area (Å²) in [5, 5.41) is 22.2. The van der Waals surface area contributed by atoms with Crippen LogP contribution in [0.5, 0.6) is 5.75 Å². The van der Waals surface area contributed by atoms with Crippen molar-refractivity contribution in [3.63, 3.8) is 0 Å². The molecule has 164 valence electrons. The lowest BCUT2D eigenvalue weighted by Crippen LogP contribution is -2.40. The molecule has 1 saturated heterocycles. The van der Waals surface area contributed by atoms with Crippen LogP contribution in [0.3, 0.4) is 0 Å². The molecule has 0 radical (unpaired) electrons. The Balaban J connectivity index is 1.35. The van der Waals surface area contributed by atoms with Crippen molar-refractivity contribution in [3.05, 3.63) is 23.3 Å². The van der Waals surface area contributed by atoms with E-state index in [2.05, 4.69) is 17.2 Å². The molecule has 4 rings (SSSR count). The lowest BCUT2D eigenvalue weighted by molar-refractivity contribution is -0.134. The number of benzene rings is 1. The van der Waals surface area contributed by atoms with Crippen LogP contribution in [0.1, 0.15) is 49.7 Å². The van der Waals surface area contributed by atoms with Crippen LogP contribution in [-0.2, 0) is 11.3 Å². The smallest absolute Gasteiger partial charge is 0.223 e. The molecule has 2 heterocycles. The zero-order valence-electron chi connectivity index (χ0n) is 17.6. The van der Waals surface area contributed by atoms with E-state index in [0.29, 0.717) is 50.8 Å². The second kappa shape index (κ2) is 9.22. The summed E-state index contributed by atoms with van der Waals surface area (Å²) < 4.78 is 6.01. The zero-order valence-corrected chi connectivity index (χ0v) is 17.6. The fraction of sp³-hybridized carbons (Fsp3) is 0.636. The first-order chi connectivity index (χ1) is 14.6. The molecule has 1 unspecified atom stereocenters. The van der Waals surface area contributed by atoms with Gasteiger partial charge in [-0.2, -0.15) is 0 Å². The van der Waals surface area contributed by atoms with Crippen LogP contribution < -0.4 is 10.1 Å². The van der Waals surface area contributed by atoms with Crippen molar-refractivity contribution in [2.75, 3.05) is 26.3 Å². The minimum Gasteiger partial charge on any atom is -0.491 e. The molecule has 1 saturated carbocycles. The molecule has 8 heteroatoms. The number of guanidine groups is 1. The molecular weight excluding hydrogens is 384 g/mol. The first-order valence-corrected chi connectivity index (χ1v) is 11.0. The third-order valence-corrected chi connectivity index (χ3v) is 6.25. The van der Waals surface area contributed by atoms with Crippen LogP contribution >= 0.6 is 0 Å². The number of rotatable bonds is 8. The number of hydrogen-bond donors (Lipinski definition) is 3. The highest BCUT2D eigenvalue weighted by Crippen LogP contribution is 2.38. The quantitative estimate of drug-likeness (QED) is 0.558. The molecule has 8 nitrogen and oxygen atoms in total. The third-order valence-electron chi connectivity index (χ3n) is 6.25. The Labute approximate surface area is 177 Å². The molecule has 3 N–H and O–H groups in total. The van der Waals surface area contributed by atoms with E-state index in [1.165, 1.54) is 0 Å². The van der Waals surface area contributed by atoms with Crippen LogP contribution in [0.4, 0.5) is 5.69 Å². The number of amides is 1. The van der Waals surface area contributed by atoms with Crippen molar-refractivity contribution in [2.24, 2.45) is 4.99 Å². The van der Waals surface area contributed by atoms with Gasteiger partial charge in [-0.25, -0.2) is 4.99 Å². The van der Waals surface area contributed by atoms with E-state index in [9.17, 15) is 15.0 Å². The summed E-state index contributed by atoms with van der Waals surface area (Å²) in [5.41, 5.74) is 3.06. The minimum absolute atomic E-state index is 0.00827. The number of aliphatic imine (C=N–C) groups is 1. The van der Waals surface area contributed by atoms with E-state index in [4.69, 9.17) is 4.74 Å². The number of carbonyl (C=O) groups is 1. The van der Waals surface area contributed by atoms with Gasteiger partial charge in [-0.1, -0.05) is 18.9 Å². The van der Waals surface area contributed by atoms with Crippen molar-refractivity contribution in [1.82, 2.24) is 15.1 Å². The molecule has 1 aromatic carbocycles. The Morgan fingerprint density at radius 1 is 1.37 bits per heavy atom.